The molecular formula is C16H20FNO. The van der Waals surface area contributed by atoms with Gasteiger partial charge in [-0.15, -0.1) is 0 Å². The van der Waals surface area contributed by atoms with Crippen LogP contribution in [0, 0.1) is 12.7 Å². The second-order valence-electron chi connectivity index (χ2n) is 4.84. The number of hydrogen-bond donors (Lipinski definition) is 1. The van der Waals surface area contributed by atoms with Gasteiger partial charge in [-0.05, 0) is 56.6 Å². The lowest BCUT2D eigenvalue weighted by Crippen LogP contribution is -2.18. The number of halogens is 1. The maximum absolute atomic E-state index is 13.3. The van der Waals surface area contributed by atoms with Gasteiger partial charge in [-0.1, -0.05) is 13.0 Å². The normalized spacial score (nSPS) is 12.6. The highest BCUT2D eigenvalue weighted by molar-refractivity contribution is 5.62. The molecule has 0 saturated carbocycles. The molecule has 0 spiro atoms. The van der Waals surface area contributed by atoms with Crippen molar-refractivity contribution in [3.63, 3.8) is 0 Å². The SMILES string of the molecule is CCCNC(C)c1ccc(-c2cc(F)ccc2C)o1. The molecule has 0 aliphatic rings. The van der Waals surface area contributed by atoms with Crippen LogP contribution in [-0.2, 0) is 0 Å². The van der Waals surface area contributed by atoms with Crippen LogP contribution < -0.4 is 5.32 Å². The zero-order valence-corrected chi connectivity index (χ0v) is 11.7. The summed E-state index contributed by atoms with van der Waals surface area (Å²) in [6.07, 6.45) is 1.08. The smallest absolute Gasteiger partial charge is 0.134 e. The fraction of sp³-hybridized carbons (Fsp3) is 0.375. The minimum atomic E-state index is -0.240. The van der Waals surface area contributed by atoms with Crippen LogP contribution in [-0.4, -0.2) is 6.54 Å². The maximum Gasteiger partial charge on any atom is 0.134 e. The molecule has 1 N–H and O–H groups in total. The zero-order chi connectivity index (χ0) is 13.8. The van der Waals surface area contributed by atoms with Gasteiger partial charge in [0.15, 0.2) is 0 Å². The molecule has 0 fully saturated rings. The van der Waals surface area contributed by atoms with Gasteiger partial charge in [-0.25, -0.2) is 4.39 Å². The van der Waals surface area contributed by atoms with Crippen LogP contribution in [0.25, 0.3) is 11.3 Å². The quantitative estimate of drug-likeness (QED) is 0.860. The number of hydrogen-bond acceptors (Lipinski definition) is 2. The Kier molecular flexibility index (Phi) is 4.38. The fourth-order valence-corrected chi connectivity index (χ4v) is 2.05. The van der Waals surface area contributed by atoms with E-state index in [1.807, 2.05) is 19.1 Å². The Labute approximate surface area is 113 Å². The third kappa shape index (κ3) is 3.24. The van der Waals surface area contributed by atoms with E-state index < -0.39 is 0 Å². The highest BCUT2D eigenvalue weighted by atomic mass is 19.1. The molecule has 0 bridgehead atoms. The minimum Gasteiger partial charge on any atom is -0.459 e. The predicted molar refractivity (Wildman–Crippen MR) is 75.5 cm³/mol. The van der Waals surface area contributed by atoms with Gasteiger partial charge in [0.05, 0.1) is 6.04 Å². The lowest BCUT2D eigenvalue weighted by atomic mass is 10.1. The van der Waals surface area contributed by atoms with Gasteiger partial charge in [0.25, 0.3) is 0 Å². The number of aryl methyl sites for hydroxylation is 1. The molecule has 1 aromatic carbocycles. The van der Waals surface area contributed by atoms with Crippen LogP contribution in [0.2, 0.25) is 0 Å². The minimum absolute atomic E-state index is 0.169. The first-order chi connectivity index (χ1) is 9.11. The Bertz CT molecular complexity index is 547. The lowest BCUT2D eigenvalue weighted by molar-refractivity contribution is 0.438. The first kappa shape index (κ1) is 13.8. The van der Waals surface area contributed by atoms with Crippen LogP contribution in [0.1, 0.15) is 37.6 Å². The summed E-state index contributed by atoms with van der Waals surface area (Å²) in [5, 5.41) is 3.37. The maximum atomic E-state index is 13.3. The molecule has 0 aliphatic heterocycles. The summed E-state index contributed by atoms with van der Waals surface area (Å²) >= 11 is 0. The van der Waals surface area contributed by atoms with E-state index >= 15 is 0 Å². The molecule has 0 saturated heterocycles. The first-order valence-corrected chi connectivity index (χ1v) is 6.71. The summed E-state index contributed by atoms with van der Waals surface area (Å²) in [4.78, 5) is 0. The molecule has 2 rings (SSSR count). The zero-order valence-electron chi connectivity index (χ0n) is 11.7. The first-order valence-electron chi connectivity index (χ1n) is 6.71. The van der Waals surface area contributed by atoms with Crippen molar-refractivity contribution in [3.05, 3.63) is 47.5 Å². The van der Waals surface area contributed by atoms with Crippen molar-refractivity contribution in [1.29, 1.82) is 0 Å². The van der Waals surface area contributed by atoms with Crippen molar-refractivity contribution in [3.8, 4) is 11.3 Å². The fourth-order valence-electron chi connectivity index (χ4n) is 2.05. The Morgan fingerprint density at radius 2 is 2.05 bits per heavy atom. The Hall–Kier alpha value is -1.61. The molecule has 0 radical (unpaired) electrons. The predicted octanol–water partition coefficient (Wildman–Crippen LogP) is 4.45. The molecule has 3 heteroatoms. The molecule has 102 valence electrons. The Balaban J connectivity index is 2.23. The van der Waals surface area contributed by atoms with Gasteiger partial charge in [0, 0.05) is 5.56 Å². The number of furan rings is 1. The monoisotopic (exact) mass is 261 g/mol. The number of benzene rings is 1. The molecule has 0 amide bonds. The second kappa shape index (κ2) is 6.02. The third-order valence-electron chi connectivity index (χ3n) is 3.22. The Morgan fingerprint density at radius 3 is 2.79 bits per heavy atom. The largest absolute Gasteiger partial charge is 0.459 e. The topological polar surface area (TPSA) is 25.2 Å². The summed E-state index contributed by atoms with van der Waals surface area (Å²) in [6, 6.07) is 8.78. The van der Waals surface area contributed by atoms with E-state index in [2.05, 4.69) is 19.2 Å². The van der Waals surface area contributed by atoms with Gasteiger partial charge in [-0.3, -0.25) is 0 Å². The highest BCUT2D eigenvalue weighted by Gasteiger charge is 2.12. The molecule has 2 nitrogen and oxygen atoms in total. The summed E-state index contributed by atoms with van der Waals surface area (Å²) < 4.78 is 19.1. The third-order valence-corrected chi connectivity index (χ3v) is 3.22. The Morgan fingerprint density at radius 1 is 1.26 bits per heavy atom. The van der Waals surface area contributed by atoms with Crippen LogP contribution in [0.15, 0.2) is 34.7 Å². The van der Waals surface area contributed by atoms with Crippen molar-refractivity contribution < 1.29 is 8.81 Å². The van der Waals surface area contributed by atoms with Crippen molar-refractivity contribution in [2.24, 2.45) is 0 Å². The van der Waals surface area contributed by atoms with E-state index in [4.69, 9.17) is 4.42 Å². The van der Waals surface area contributed by atoms with Crippen molar-refractivity contribution in [2.75, 3.05) is 6.54 Å². The second-order valence-corrected chi connectivity index (χ2v) is 4.84. The molecule has 2 aromatic rings. The van der Waals surface area contributed by atoms with E-state index in [9.17, 15) is 4.39 Å². The molecule has 1 atom stereocenters. The van der Waals surface area contributed by atoms with Crippen LogP contribution in [0.4, 0.5) is 4.39 Å². The van der Waals surface area contributed by atoms with E-state index in [-0.39, 0.29) is 11.9 Å². The molecule has 1 unspecified atom stereocenters. The summed E-state index contributed by atoms with van der Waals surface area (Å²) in [5.74, 6) is 1.36. The standard InChI is InChI=1S/C16H20FNO/c1-4-9-18-12(3)15-7-8-16(19-15)14-10-13(17)6-5-11(14)2/h5-8,10,12,18H,4,9H2,1-3H3. The van der Waals surface area contributed by atoms with Gasteiger partial charge in [0.2, 0.25) is 0 Å². The summed E-state index contributed by atoms with van der Waals surface area (Å²) in [7, 11) is 0. The lowest BCUT2D eigenvalue weighted by Gasteiger charge is -2.10. The highest BCUT2D eigenvalue weighted by Crippen LogP contribution is 2.28. The van der Waals surface area contributed by atoms with Crippen molar-refractivity contribution in [2.45, 2.75) is 33.2 Å². The average molecular weight is 261 g/mol. The molecule has 0 aliphatic carbocycles. The summed E-state index contributed by atoms with van der Waals surface area (Å²) in [6.45, 7) is 7.10. The van der Waals surface area contributed by atoms with E-state index in [0.29, 0.717) is 0 Å². The van der Waals surface area contributed by atoms with Crippen LogP contribution >= 0.6 is 0 Å². The molecule has 19 heavy (non-hydrogen) atoms. The molecular weight excluding hydrogens is 241 g/mol. The van der Waals surface area contributed by atoms with Crippen molar-refractivity contribution in [1.82, 2.24) is 5.32 Å². The van der Waals surface area contributed by atoms with Gasteiger partial charge in [0.1, 0.15) is 17.3 Å². The van der Waals surface area contributed by atoms with Crippen LogP contribution in [0.3, 0.4) is 0 Å². The number of rotatable bonds is 5. The molecule has 1 aromatic heterocycles. The van der Waals surface area contributed by atoms with Crippen LogP contribution in [0.5, 0.6) is 0 Å². The van der Waals surface area contributed by atoms with Gasteiger partial charge >= 0.3 is 0 Å². The van der Waals surface area contributed by atoms with Gasteiger partial charge in [-0.2, -0.15) is 0 Å². The summed E-state index contributed by atoms with van der Waals surface area (Å²) in [5.41, 5.74) is 1.82. The average Bonchev–Trinajstić information content (AvgIpc) is 2.88. The van der Waals surface area contributed by atoms with E-state index in [0.717, 1.165) is 35.6 Å². The molecule has 1 heterocycles. The van der Waals surface area contributed by atoms with Crippen molar-refractivity contribution >= 4 is 0 Å². The van der Waals surface area contributed by atoms with E-state index in [1.165, 1.54) is 12.1 Å². The van der Waals surface area contributed by atoms with Gasteiger partial charge < -0.3 is 9.73 Å². The number of nitrogens with one attached hydrogen (secondary N) is 1. The van der Waals surface area contributed by atoms with E-state index in [1.54, 1.807) is 6.07 Å².